The first kappa shape index (κ1) is 44.7. The van der Waals surface area contributed by atoms with E-state index in [1.807, 2.05) is 103 Å². The number of hydrogen-bond acceptors (Lipinski definition) is 3. The number of benzene rings is 6. The zero-order chi connectivity index (χ0) is 47.1. The summed E-state index contributed by atoms with van der Waals surface area (Å²) in [5.41, 5.74) is 10.2. The van der Waals surface area contributed by atoms with Crippen LogP contribution in [-0.2, 0) is 9.31 Å². The molecule has 336 valence electrons. The van der Waals surface area contributed by atoms with Crippen LogP contribution in [0, 0.1) is 13.8 Å². The molecule has 0 spiro atoms. The SMILES string of the molecule is CC1=CC(C)=N/C1=C(/c1ccc2c3c(cccc13)-c1c-2c(-c2ccccc2)c2ccccc2c1-c1ccccc1)c1c(C)cc(C)n1B(OCC(F)(F)C(F)(F)F)OCC(F)(F)C(F)(F)F. The minimum atomic E-state index is -6.15. The Kier molecular flexibility index (Phi) is 11.0. The topological polar surface area (TPSA) is 35.8 Å². The van der Waals surface area contributed by atoms with Crippen LogP contribution >= 0.6 is 0 Å². The molecular weight excluding hydrogens is 873 g/mol. The molecule has 6 aromatic carbocycles. The highest BCUT2D eigenvalue weighted by molar-refractivity contribution is 6.43. The van der Waals surface area contributed by atoms with E-state index >= 15 is 0 Å². The lowest BCUT2D eigenvalue weighted by Crippen LogP contribution is -2.48. The molecule has 2 aliphatic rings. The number of allylic oxidation sites excluding steroid dienone is 2. The molecule has 0 atom stereocenters. The number of nitrogens with zero attached hydrogens (tertiary/aromatic N) is 2. The summed E-state index contributed by atoms with van der Waals surface area (Å²) in [7, 11) is -2.64. The van der Waals surface area contributed by atoms with Crippen molar-refractivity contribution in [1.29, 1.82) is 0 Å². The number of rotatable bonds is 11. The van der Waals surface area contributed by atoms with E-state index in [0.29, 0.717) is 33.5 Å². The molecule has 9 rings (SSSR count). The Labute approximate surface area is 372 Å². The van der Waals surface area contributed by atoms with Gasteiger partial charge in [-0.1, -0.05) is 115 Å². The Bertz CT molecular complexity index is 3050. The fourth-order valence-electron chi connectivity index (χ4n) is 9.25. The van der Waals surface area contributed by atoms with Gasteiger partial charge in [-0.05, 0) is 123 Å². The second-order valence-electron chi connectivity index (χ2n) is 16.5. The lowest BCUT2D eigenvalue weighted by molar-refractivity contribution is -0.295. The maximum absolute atomic E-state index is 14.5. The normalized spacial score (nSPS) is 14.8. The zero-order valence-electron chi connectivity index (χ0n) is 35.6. The van der Waals surface area contributed by atoms with Crippen LogP contribution < -0.4 is 0 Å². The van der Waals surface area contributed by atoms with Gasteiger partial charge in [0.05, 0.1) is 5.70 Å². The van der Waals surface area contributed by atoms with Crippen molar-refractivity contribution in [3.8, 4) is 44.5 Å². The summed E-state index contributed by atoms with van der Waals surface area (Å²) in [6.07, 6.45) is -10.5. The average Bonchev–Trinajstić information content (AvgIpc) is 3.89. The largest absolute Gasteiger partial charge is 0.598 e. The number of alkyl halides is 10. The van der Waals surface area contributed by atoms with E-state index in [1.54, 1.807) is 26.8 Å². The van der Waals surface area contributed by atoms with Gasteiger partial charge in [-0.2, -0.15) is 43.9 Å². The molecule has 1 aliphatic carbocycles. The van der Waals surface area contributed by atoms with Crippen LogP contribution in [0.15, 0.2) is 144 Å². The summed E-state index contributed by atoms with van der Waals surface area (Å²) < 4.78 is 150. The van der Waals surface area contributed by atoms with Crippen LogP contribution in [0.25, 0.3) is 71.6 Å². The number of hydrogen-bond donors (Lipinski definition) is 0. The lowest BCUT2D eigenvalue weighted by Gasteiger charge is -2.27. The maximum atomic E-state index is 14.5. The van der Waals surface area contributed by atoms with Gasteiger partial charge in [-0.3, -0.25) is 4.99 Å². The standard InChI is InChI=1S/C51H37BF10N2O2/c1-28-24-30(3)63-46(28)45(47-29(2)25-31(4)64(47)52(65-26-48(53,54)50(57,58)59)66-27-49(55,56)51(60,61)62)37-22-23-39-42-36(37)20-13-21-38(42)43-40(32-14-7-5-8-15-32)34-18-11-12-19-35(34)41(44(39)43)33-16-9-6-10-17-33/h5-25H,26-27H2,1-4H3/b46-45-. The lowest BCUT2D eigenvalue weighted by atomic mass is 9.82. The van der Waals surface area contributed by atoms with Crippen LogP contribution in [0.2, 0.25) is 0 Å². The van der Waals surface area contributed by atoms with E-state index < -0.39 is 44.7 Å². The number of aliphatic imine (C=N–C) groups is 1. The molecule has 4 nitrogen and oxygen atoms in total. The number of halogens is 10. The van der Waals surface area contributed by atoms with Crippen molar-refractivity contribution >= 4 is 40.1 Å². The maximum Gasteiger partial charge on any atom is 0.598 e. The summed E-state index contributed by atoms with van der Waals surface area (Å²) in [5.74, 6) is -11.1. The van der Waals surface area contributed by atoms with Gasteiger partial charge in [-0.25, -0.2) is 0 Å². The van der Waals surface area contributed by atoms with Crippen molar-refractivity contribution < 1.29 is 53.2 Å². The highest BCUT2D eigenvalue weighted by Gasteiger charge is 2.60. The van der Waals surface area contributed by atoms with Gasteiger partial charge in [0.1, 0.15) is 13.2 Å². The Balaban J connectivity index is 1.33. The molecule has 0 amide bonds. The van der Waals surface area contributed by atoms with Crippen molar-refractivity contribution in [1.82, 2.24) is 4.48 Å². The quantitative estimate of drug-likeness (QED) is 0.0957. The molecule has 2 heterocycles. The van der Waals surface area contributed by atoms with Crippen molar-refractivity contribution in [2.24, 2.45) is 4.99 Å². The minimum Gasteiger partial charge on any atom is -0.385 e. The van der Waals surface area contributed by atoms with Crippen molar-refractivity contribution in [2.75, 3.05) is 13.2 Å². The minimum absolute atomic E-state index is 0.0150. The van der Waals surface area contributed by atoms with Gasteiger partial charge in [0.2, 0.25) is 0 Å². The molecule has 15 heteroatoms. The van der Waals surface area contributed by atoms with Crippen molar-refractivity contribution in [2.45, 2.75) is 51.9 Å². The fraction of sp³-hybridized carbons (Fsp3) is 0.196. The molecular formula is C51H37BF10N2O2. The van der Waals surface area contributed by atoms with Crippen LogP contribution in [-0.4, -0.2) is 54.9 Å². The van der Waals surface area contributed by atoms with E-state index in [4.69, 9.17) is 14.3 Å². The fourth-order valence-corrected chi connectivity index (χ4v) is 9.25. The molecule has 0 fully saturated rings. The first-order valence-corrected chi connectivity index (χ1v) is 20.8. The molecule has 1 aliphatic heterocycles. The highest BCUT2D eigenvalue weighted by atomic mass is 19.4. The first-order chi connectivity index (χ1) is 31.2. The van der Waals surface area contributed by atoms with Gasteiger partial charge in [-0.15, -0.1) is 0 Å². The van der Waals surface area contributed by atoms with Gasteiger partial charge in [0, 0.05) is 22.7 Å². The molecule has 1 aromatic heterocycles. The third kappa shape index (κ3) is 7.42. The number of aromatic nitrogens is 1. The van der Waals surface area contributed by atoms with Crippen LogP contribution in [0.5, 0.6) is 0 Å². The third-order valence-corrected chi connectivity index (χ3v) is 12.0. The van der Waals surface area contributed by atoms with Crippen molar-refractivity contribution in [3.63, 3.8) is 0 Å². The molecule has 66 heavy (non-hydrogen) atoms. The molecule has 0 N–H and O–H groups in total. The van der Waals surface area contributed by atoms with Crippen LogP contribution in [0.4, 0.5) is 43.9 Å². The summed E-state index contributed by atoms with van der Waals surface area (Å²) in [6, 6.07) is 39.1. The second kappa shape index (κ2) is 16.2. The van der Waals surface area contributed by atoms with Gasteiger partial charge < -0.3 is 13.8 Å². The molecule has 0 unspecified atom stereocenters. The highest BCUT2D eigenvalue weighted by Crippen LogP contribution is 2.58. The molecule has 0 saturated heterocycles. The average molecular weight is 911 g/mol. The Hall–Kier alpha value is -6.45. The zero-order valence-corrected chi connectivity index (χ0v) is 35.6. The number of aryl methyl sites for hydroxylation is 2. The Morgan fingerprint density at radius 1 is 0.561 bits per heavy atom. The van der Waals surface area contributed by atoms with Crippen LogP contribution in [0.1, 0.15) is 36.4 Å². The second-order valence-corrected chi connectivity index (χ2v) is 16.5. The van der Waals surface area contributed by atoms with Gasteiger partial charge in [0.25, 0.3) is 0 Å². The smallest absolute Gasteiger partial charge is 0.385 e. The molecule has 0 radical (unpaired) electrons. The van der Waals surface area contributed by atoms with E-state index in [-0.39, 0.29) is 17.0 Å². The van der Waals surface area contributed by atoms with Crippen molar-refractivity contribution in [3.05, 3.63) is 161 Å². The van der Waals surface area contributed by atoms with E-state index in [2.05, 4.69) is 12.1 Å². The van der Waals surface area contributed by atoms with Gasteiger partial charge in [0.15, 0.2) is 0 Å². The van der Waals surface area contributed by atoms with Crippen LogP contribution in [0.3, 0.4) is 0 Å². The van der Waals surface area contributed by atoms with Gasteiger partial charge >= 0.3 is 31.5 Å². The molecule has 0 bridgehead atoms. The Morgan fingerprint density at radius 3 is 1.53 bits per heavy atom. The molecule has 7 aromatic rings. The molecule has 0 saturated carbocycles. The summed E-state index contributed by atoms with van der Waals surface area (Å²) in [5, 5.41) is 3.49. The van der Waals surface area contributed by atoms with E-state index in [9.17, 15) is 43.9 Å². The number of fused-ring (bicyclic) bond motifs is 4. The summed E-state index contributed by atoms with van der Waals surface area (Å²) >= 11 is 0. The predicted octanol–water partition coefficient (Wildman–Crippen LogP) is 14.8. The third-order valence-electron chi connectivity index (χ3n) is 12.0. The predicted molar refractivity (Wildman–Crippen MR) is 239 cm³/mol. The van der Waals surface area contributed by atoms with E-state index in [0.717, 1.165) is 65.1 Å². The summed E-state index contributed by atoms with van der Waals surface area (Å²) in [6.45, 7) is 1.51. The Morgan fingerprint density at radius 2 is 1.05 bits per heavy atom. The summed E-state index contributed by atoms with van der Waals surface area (Å²) in [4.78, 5) is 4.83. The van der Waals surface area contributed by atoms with E-state index in [1.165, 1.54) is 13.0 Å². The monoisotopic (exact) mass is 910 g/mol. The first-order valence-electron chi connectivity index (χ1n) is 20.8.